The van der Waals surface area contributed by atoms with E-state index in [2.05, 4.69) is 36.4 Å². The van der Waals surface area contributed by atoms with E-state index in [1.54, 1.807) is 12.1 Å². The number of nitrogens with zero attached hydrogens (tertiary/aromatic N) is 5. The van der Waals surface area contributed by atoms with Crippen molar-refractivity contribution in [3.63, 3.8) is 0 Å². The molecule has 23 heavy (non-hydrogen) atoms. The van der Waals surface area contributed by atoms with Gasteiger partial charge in [0.15, 0.2) is 0 Å². The summed E-state index contributed by atoms with van der Waals surface area (Å²) in [6.07, 6.45) is 2.54. The van der Waals surface area contributed by atoms with Gasteiger partial charge in [0.25, 0.3) is 11.8 Å². The van der Waals surface area contributed by atoms with Crippen molar-refractivity contribution in [3.05, 3.63) is 36.4 Å². The Hall–Kier alpha value is -3.34. The van der Waals surface area contributed by atoms with E-state index in [1.165, 1.54) is 23.4 Å². The molecule has 118 valence electrons. The summed E-state index contributed by atoms with van der Waals surface area (Å²) < 4.78 is 1.21. The standard InChI is InChI=1S/C12H12N8O3/c21-4-10(12(23)18-20-5-13-14-6-20)15-11(22)7-1-2-8-9(3-7)17-19-16-8/h1-3,5-6,10,21H,4H2,(H,15,22)(H,18,23)(H,16,17,19)/t10-/m0/s1. The van der Waals surface area contributed by atoms with Crippen LogP contribution in [0, 0.1) is 0 Å². The molecular formula is C12H12N8O3. The lowest BCUT2D eigenvalue weighted by Gasteiger charge is -2.16. The number of H-pyrrole nitrogens is 1. The number of fused-ring (bicyclic) bond motifs is 1. The highest BCUT2D eigenvalue weighted by molar-refractivity contribution is 6.00. The number of carbonyl (C=O) groups excluding carboxylic acids is 2. The van der Waals surface area contributed by atoms with Crippen molar-refractivity contribution in [1.82, 2.24) is 35.6 Å². The first-order chi connectivity index (χ1) is 11.2. The molecule has 0 aliphatic heterocycles. The highest BCUT2D eigenvalue weighted by atomic mass is 16.3. The second-order valence-electron chi connectivity index (χ2n) is 4.58. The van der Waals surface area contributed by atoms with Crippen LogP contribution < -0.4 is 10.7 Å². The van der Waals surface area contributed by atoms with E-state index in [9.17, 15) is 14.7 Å². The van der Waals surface area contributed by atoms with Gasteiger partial charge in [0, 0.05) is 5.56 Å². The van der Waals surface area contributed by atoms with E-state index in [4.69, 9.17) is 0 Å². The molecule has 0 bridgehead atoms. The first-order valence-electron chi connectivity index (χ1n) is 6.55. The van der Waals surface area contributed by atoms with Crippen LogP contribution in [0.5, 0.6) is 0 Å². The van der Waals surface area contributed by atoms with Gasteiger partial charge in [-0.3, -0.25) is 15.0 Å². The number of benzene rings is 1. The second kappa shape index (κ2) is 6.19. The molecule has 4 N–H and O–H groups in total. The minimum Gasteiger partial charge on any atom is -0.394 e. The highest BCUT2D eigenvalue weighted by Crippen LogP contribution is 2.10. The number of aromatic amines is 1. The topological polar surface area (TPSA) is 151 Å². The van der Waals surface area contributed by atoms with Crippen molar-refractivity contribution in [2.75, 3.05) is 12.0 Å². The van der Waals surface area contributed by atoms with Crippen LogP contribution in [0.4, 0.5) is 0 Å². The summed E-state index contributed by atoms with van der Waals surface area (Å²) in [5.74, 6) is -1.13. The number of aliphatic hydroxyl groups is 1. The van der Waals surface area contributed by atoms with Gasteiger partial charge in [-0.1, -0.05) is 0 Å². The fourth-order valence-electron chi connectivity index (χ4n) is 1.88. The molecule has 0 fully saturated rings. The van der Waals surface area contributed by atoms with E-state index in [0.717, 1.165) is 0 Å². The van der Waals surface area contributed by atoms with Gasteiger partial charge in [0.1, 0.15) is 29.7 Å². The molecule has 11 nitrogen and oxygen atoms in total. The SMILES string of the molecule is O=C(N[C@@H](CO)C(=O)Nn1cnnc1)c1ccc2n[nH]nc2c1. The molecule has 0 aliphatic rings. The van der Waals surface area contributed by atoms with E-state index in [-0.39, 0.29) is 0 Å². The van der Waals surface area contributed by atoms with Crippen molar-refractivity contribution in [2.24, 2.45) is 0 Å². The molecule has 11 heteroatoms. The summed E-state index contributed by atoms with van der Waals surface area (Å²) in [4.78, 5) is 24.2. The maximum absolute atomic E-state index is 12.2. The molecule has 0 aliphatic carbocycles. The molecule has 0 saturated heterocycles. The average Bonchev–Trinajstić information content (AvgIpc) is 3.22. The molecule has 2 heterocycles. The molecule has 0 unspecified atom stereocenters. The quantitative estimate of drug-likeness (QED) is 0.443. The monoisotopic (exact) mass is 316 g/mol. The first kappa shape index (κ1) is 14.6. The van der Waals surface area contributed by atoms with Crippen molar-refractivity contribution >= 4 is 22.8 Å². The molecule has 0 saturated carbocycles. The largest absolute Gasteiger partial charge is 0.394 e. The number of rotatable bonds is 5. The maximum atomic E-state index is 12.2. The molecule has 2 amide bonds. The molecule has 3 aromatic rings. The Bertz CT molecular complexity index is 828. The summed E-state index contributed by atoms with van der Waals surface area (Å²) >= 11 is 0. The zero-order valence-corrected chi connectivity index (χ0v) is 11.7. The summed E-state index contributed by atoms with van der Waals surface area (Å²) in [5, 5.41) is 29.0. The number of amides is 2. The summed E-state index contributed by atoms with van der Waals surface area (Å²) in [6, 6.07) is 3.57. The van der Waals surface area contributed by atoms with Crippen molar-refractivity contribution in [2.45, 2.75) is 6.04 Å². The average molecular weight is 316 g/mol. The summed E-state index contributed by atoms with van der Waals surface area (Å²) in [5.41, 5.74) is 3.84. The van der Waals surface area contributed by atoms with E-state index in [0.29, 0.717) is 16.6 Å². The number of hydrogen-bond donors (Lipinski definition) is 4. The van der Waals surface area contributed by atoms with Crippen LogP contribution in [-0.2, 0) is 4.79 Å². The minimum atomic E-state index is -1.13. The van der Waals surface area contributed by atoms with E-state index in [1.807, 2.05) is 0 Å². The number of aromatic nitrogens is 6. The Balaban J connectivity index is 1.70. The van der Waals surface area contributed by atoms with Gasteiger partial charge < -0.3 is 10.4 Å². The van der Waals surface area contributed by atoms with Crippen LogP contribution in [0.3, 0.4) is 0 Å². The predicted molar refractivity (Wildman–Crippen MR) is 76.6 cm³/mol. The molecular weight excluding hydrogens is 304 g/mol. The van der Waals surface area contributed by atoms with Gasteiger partial charge in [0.05, 0.1) is 6.61 Å². The van der Waals surface area contributed by atoms with E-state index >= 15 is 0 Å². The lowest BCUT2D eigenvalue weighted by atomic mass is 10.1. The maximum Gasteiger partial charge on any atom is 0.263 e. The first-order valence-corrected chi connectivity index (χ1v) is 6.55. The van der Waals surface area contributed by atoms with Gasteiger partial charge >= 0.3 is 0 Å². The summed E-state index contributed by atoms with van der Waals surface area (Å²) in [6.45, 7) is -0.564. The van der Waals surface area contributed by atoms with Crippen LogP contribution in [-0.4, -0.2) is 59.9 Å². The van der Waals surface area contributed by atoms with Gasteiger partial charge in [-0.15, -0.1) is 10.2 Å². The van der Waals surface area contributed by atoms with Gasteiger partial charge in [0.2, 0.25) is 0 Å². The predicted octanol–water partition coefficient (Wildman–Crippen LogP) is -1.59. The number of carbonyl (C=O) groups is 2. The van der Waals surface area contributed by atoms with Crippen molar-refractivity contribution in [3.8, 4) is 0 Å². The third-order valence-corrected chi connectivity index (χ3v) is 3.04. The van der Waals surface area contributed by atoms with Gasteiger partial charge in [-0.2, -0.15) is 15.4 Å². The Morgan fingerprint density at radius 1 is 1.22 bits per heavy atom. The van der Waals surface area contributed by atoms with Gasteiger partial charge in [-0.05, 0) is 18.2 Å². The van der Waals surface area contributed by atoms with Crippen molar-refractivity contribution in [1.29, 1.82) is 0 Å². The smallest absolute Gasteiger partial charge is 0.263 e. The summed E-state index contributed by atoms with van der Waals surface area (Å²) in [7, 11) is 0. The fraction of sp³-hybridized carbons (Fsp3) is 0.167. The fourth-order valence-corrected chi connectivity index (χ4v) is 1.88. The molecule has 1 atom stereocenters. The van der Waals surface area contributed by atoms with Crippen LogP contribution in [0.15, 0.2) is 30.9 Å². The minimum absolute atomic E-state index is 0.293. The van der Waals surface area contributed by atoms with Crippen molar-refractivity contribution < 1.29 is 14.7 Å². The third-order valence-electron chi connectivity index (χ3n) is 3.04. The van der Waals surface area contributed by atoms with Crippen LogP contribution in [0.25, 0.3) is 11.0 Å². The lowest BCUT2D eigenvalue weighted by molar-refractivity contribution is -0.119. The Labute approximate surface area is 128 Å². The number of nitrogens with one attached hydrogen (secondary N) is 3. The van der Waals surface area contributed by atoms with E-state index < -0.39 is 24.5 Å². The second-order valence-corrected chi connectivity index (χ2v) is 4.58. The van der Waals surface area contributed by atoms with Crippen LogP contribution >= 0.6 is 0 Å². The molecule has 1 aromatic carbocycles. The molecule has 3 rings (SSSR count). The molecule has 0 radical (unpaired) electrons. The Kier molecular flexibility index (Phi) is 3.93. The number of aliphatic hydroxyl groups excluding tert-OH is 1. The lowest BCUT2D eigenvalue weighted by Crippen LogP contribution is -2.47. The number of hydrogen-bond acceptors (Lipinski definition) is 7. The Morgan fingerprint density at radius 3 is 2.70 bits per heavy atom. The molecule has 2 aromatic heterocycles. The van der Waals surface area contributed by atoms with Crippen LogP contribution in [0.1, 0.15) is 10.4 Å². The zero-order chi connectivity index (χ0) is 16.2. The van der Waals surface area contributed by atoms with Crippen LogP contribution in [0.2, 0.25) is 0 Å². The Morgan fingerprint density at radius 2 is 1.96 bits per heavy atom. The molecule has 0 spiro atoms. The van der Waals surface area contributed by atoms with Gasteiger partial charge in [-0.25, -0.2) is 4.68 Å². The highest BCUT2D eigenvalue weighted by Gasteiger charge is 2.21. The third kappa shape index (κ3) is 3.13. The normalized spacial score (nSPS) is 12.0. The zero-order valence-electron chi connectivity index (χ0n) is 11.7.